The van der Waals surface area contributed by atoms with Crippen molar-refractivity contribution < 1.29 is 4.52 Å². The van der Waals surface area contributed by atoms with E-state index in [0.29, 0.717) is 6.04 Å². The van der Waals surface area contributed by atoms with Gasteiger partial charge in [-0.15, -0.1) is 0 Å². The minimum absolute atomic E-state index is 0.503. The molecule has 4 rings (SSSR count). The van der Waals surface area contributed by atoms with Crippen molar-refractivity contribution in [3.8, 4) is 0 Å². The molecule has 5 nitrogen and oxygen atoms in total. The third kappa shape index (κ3) is 2.06. The fourth-order valence-electron chi connectivity index (χ4n) is 3.43. The minimum Gasteiger partial charge on any atom is -0.361 e. The van der Waals surface area contributed by atoms with E-state index >= 15 is 0 Å². The van der Waals surface area contributed by atoms with Crippen LogP contribution in [-0.2, 0) is 19.4 Å². The Morgan fingerprint density at radius 2 is 2.35 bits per heavy atom. The Hall–Kier alpha value is -1.62. The van der Waals surface area contributed by atoms with Gasteiger partial charge in [0.15, 0.2) is 0 Å². The molecule has 2 aliphatic rings. The Balaban J connectivity index is 1.43. The van der Waals surface area contributed by atoms with Gasteiger partial charge in [-0.2, -0.15) is 5.10 Å². The molecule has 0 bridgehead atoms. The number of aromatic nitrogens is 3. The van der Waals surface area contributed by atoms with Crippen LogP contribution >= 0.6 is 0 Å². The molecule has 106 valence electrons. The largest absolute Gasteiger partial charge is 0.361 e. The Bertz CT molecular complexity index is 615. The summed E-state index contributed by atoms with van der Waals surface area (Å²) in [6.45, 7) is 5.19. The molecule has 1 fully saturated rings. The maximum atomic E-state index is 5.44. The molecule has 1 aliphatic heterocycles. The zero-order chi connectivity index (χ0) is 13.5. The van der Waals surface area contributed by atoms with Gasteiger partial charge in [0.25, 0.3) is 0 Å². The Morgan fingerprint density at radius 3 is 3.20 bits per heavy atom. The van der Waals surface area contributed by atoms with Crippen LogP contribution in [0.15, 0.2) is 16.9 Å². The number of hydrogen-bond acceptors (Lipinski definition) is 4. The second kappa shape index (κ2) is 4.74. The van der Waals surface area contributed by atoms with E-state index in [1.165, 1.54) is 24.0 Å². The van der Waals surface area contributed by atoms with Crippen molar-refractivity contribution in [3.63, 3.8) is 0 Å². The highest BCUT2D eigenvalue weighted by molar-refractivity contribution is 5.27. The number of aryl methyl sites for hydroxylation is 2. The van der Waals surface area contributed by atoms with Crippen molar-refractivity contribution >= 4 is 0 Å². The van der Waals surface area contributed by atoms with Gasteiger partial charge in [-0.3, -0.25) is 9.58 Å². The van der Waals surface area contributed by atoms with E-state index in [0.717, 1.165) is 43.9 Å². The van der Waals surface area contributed by atoms with Gasteiger partial charge in [0, 0.05) is 37.8 Å². The molecule has 1 aliphatic carbocycles. The van der Waals surface area contributed by atoms with Gasteiger partial charge in [0.05, 0.1) is 12.2 Å². The van der Waals surface area contributed by atoms with Crippen LogP contribution in [0, 0.1) is 6.92 Å². The summed E-state index contributed by atoms with van der Waals surface area (Å²) in [5.41, 5.74) is 3.77. The summed E-state index contributed by atoms with van der Waals surface area (Å²) < 4.78 is 7.55. The lowest BCUT2D eigenvalue weighted by Gasteiger charge is -2.15. The summed E-state index contributed by atoms with van der Waals surface area (Å²) in [5, 5.41) is 8.71. The lowest BCUT2D eigenvalue weighted by Crippen LogP contribution is -2.22. The highest BCUT2D eigenvalue weighted by Crippen LogP contribution is 2.28. The molecular weight excluding hydrogens is 252 g/mol. The maximum absolute atomic E-state index is 5.44. The van der Waals surface area contributed by atoms with E-state index in [9.17, 15) is 0 Å². The van der Waals surface area contributed by atoms with Crippen LogP contribution < -0.4 is 0 Å². The van der Waals surface area contributed by atoms with E-state index in [4.69, 9.17) is 4.52 Å². The summed E-state index contributed by atoms with van der Waals surface area (Å²) in [6, 6.07) is 0.503. The van der Waals surface area contributed by atoms with E-state index < -0.39 is 0 Å². The maximum Gasteiger partial charge on any atom is 0.140 e. The molecular formula is C15H20N4O. The molecule has 0 amide bonds. The van der Waals surface area contributed by atoms with Crippen LogP contribution in [0.3, 0.4) is 0 Å². The third-order valence-corrected chi connectivity index (χ3v) is 4.51. The first kappa shape index (κ1) is 12.1. The zero-order valence-electron chi connectivity index (χ0n) is 11.9. The molecule has 1 saturated heterocycles. The zero-order valence-corrected chi connectivity index (χ0v) is 11.9. The van der Waals surface area contributed by atoms with Gasteiger partial charge in [-0.25, -0.2) is 0 Å². The number of fused-ring (bicyclic) bond motifs is 1. The molecule has 1 atom stereocenters. The Morgan fingerprint density at radius 1 is 1.40 bits per heavy atom. The molecule has 0 saturated carbocycles. The summed E-state index contributed by atoms with van der Waals surface area (Å²) in [4.78, 5) is 2.47. The van der Waals surface area contributed by atoms with Crippen LogP contribution in [0.25, 0.3) is 0 Å². The van der Waals surface area contributed by atoms with Crippen molar-refractivity contribution in [3.05, 3.63) is 35.0 Å². The van der Waals surface area contributed by atoms with Gasteiger partial charge in [0.1, 0.15) is 11.5 Å². The summed E-state index contributed by atoms with van der Waals surface area (Å²) in [6.07, 6.45) is 8.68. The number of rotatable bonds is 3. The standard InChI is InChI=1S/C15H20N4O/c1-11-7-16-19(8-11)12-5-6-18(9-12)10-14-13-3-2-4-15(13)20-17-14/h7-8,12H,2-6,9-10H2,1H3. The molecule has 0 aromatic carbocycles. The van der Waals surface area contributed by atoms with Crippen molar-refractivity contribution in [1.29, 1.82) is 0 Å². The smallest absolute Gasteiger partial charge is 0.140 e. The highest BCUT2D eigenvalue weighted by atomic mass is 16.5. The van der Waals surface area contributed by atoms with E-state index in [1.807, 2.05) is 6.20 Å². The van der Waals surface area contributed by atoms with Gasteiger partial charge in [-0.05, 0) is 31.7 Å². The van der Waals surface area contributed by atoms with Crippen LogP contribution in [0.1, 0.15) is 41.5 Å². The quantitative estimate of drug-likeness (QED) is 0.858. The summed E-state index contributed by atoms with van der Waals surface area (Å²) >= 11 is 0. The van der Waals surface area contributed by atoms with E-state index in [2.05, 4.69) is 33.0 Å². The van der Waals surface area contributed by atoms with Crippen LogP contribution in [0.4, 0.5) is 0 Å². The minimum atomic E-state index is 0.503. The Kier molecular flexibility index (Phi) is 2.88. The van der Waals surface area contributed by atoms with Crippen LogP contribution in [0.2, 0.25) is 0 Å². The first-order chi connectivity index (χ1) is 9.79. The molecule has 0 N–H and O–H groups in total. The fourth-order valence-corrected chi connectivity index (χ4v) is 3.43. The molecule has 0 spiro atoms. The first-order valence-electron chi connectivity index (χ1n) is 7.49. The Labute approximate surface area is 118 Å². The van der Waals surface area contributed by atoms with Crippen molar-refractivity contribution in [2.24, 2.45) is 0 Å². The third-order valence-electron chi connectivity index (χ3n) is 4.51. The SMILES string of the molecule is Cc1cnn(C2CCN(Cc3noc4c3CCC4)C2)c1. The van der Waals surface area contributed by atoms with E-state index in [1.54, 1.807) is 0 Å². The lowest BCUT2D eigenvalue weighted by molar-refractivity contribution is 0.295. The van der Waals surface area contributed by atoms with Crippen molar-refractivity contribution in [2.45, 2.75) is 45.2 Å². The number of nitrogens with zero attached hydrogens (tertiary/aromatic N) is 4. The summed E-state index contributed by atoms with van der Waals surface area (Å²) in [7, 11) is 0. The molecule has 1 unspecified atom stereocenters. The topological polar surface area (TPSA) is 47.1 Å². The van der Waals surface area contributed by atoms with Gasteiger partial charge in [0.2, 0.25) is 0 Å². The average molecular weight is 272 g/mol. The van der Waals surface area contributed by atoms with E-state index in [-0.39, 0.29) is 0 Å². The van der Waals surface area contributed by atoms with Gasteiger partial charge >= 0.3 is 0 Å². The van der Waals surface area contributed by atoms with Crippen LogP contribution in [0.5, 0.6) is 0 Å². The molecule has 2 aromatic heterocycles. The lowest BCUT2D eigenvalue weighted by atomic mass is 10.2. The predicted octanol–water partition coefficient (Wildman–Crippen LogP) is 2.12. The number of likely N-dealkylation sites (tertiary alicyclic amines) is 1. The monoisotopic (exact) mass is 272 g/mol. The molecule has 5 heteroatoms. The number of hydrogen-bond donors (Lipinski definition) is 0. The highest BCUT2D eigenvalue weighted by Gasteiger charge is 2.27. The molecule has 2 aromatic rings. The van der Waals surface area contributed by atoms with Crippen molar-refractivity contribution in [2.75, 3.05) is 13.1 Å². The molecule has 20 heavy (non-hydrogen) atoms. The summed E-state index contributed by atoms with van der Waals surface area (Å²) in [5.74, 6) is 1.12. The molecule has 3 heterocycles. The first-order valence-corrected chi connectivity index (χ1v) is 7.49. The van der Waals surface area contributed by atoms with Crippen molar-refractivity contribution in [1.82, 2.24) is 19.8 Å². The average Bonchev–Trinajstić information content (AvgIpc) is 3.16. The van der Waals surface area contributed by atoms with Gasteiger partial charge < -0.3 is 4.52 Å². The predicted molar refractivity (Wildman–Crippen MR) is 74.4 cm³/mol. The van der Waals surface area contributed by atoms with Gasteiger partial charge in [-0.1, -0.05) is 5.16 Å². The fraction of sp³-hybridized carbons (Fsp3) is 0.600. The molecule has 0 radical (unpaired) electrons. The normalized spacial score (nSPS) is 22.6. The second-order valence-electron chi connectivity index (χ2n) is 6.06. The van der Waals surface area contributed by atoms with Crippen LogP contribution in [-0.4, -0.2) is 32.9 Å². The second-order valence-corrected chi connectivity index (χ2v) is 6.06.